The van der Waals surface area contributed by atoms with Crippen LogP contribution in [0.1, 0.15) is 33.6 Å². The third kappa shape index (κ3) is 9.61. The molecule has 0 aliphatic heterocycles. The summed E-state index contributed by atoms with van der Waals surface area (Å²) < 4.78 is 21.0. The molecule has 0 heterocycles. The molecule has 0 N–H and O–H groups in total. The first-order valence-electron chi connectivity index (χ1n) is 12.5. The lowest BCUT2D eigenvalue weighted by atomic mass is 10.0. The summed E-state index contributed by atoms with van der Waals surface area (Å²) in [5.41, 5.74) is 2.71. The second-order valence-corrected chi connectivity index (χ2v) is 8.44. The van der Waals surface area contributed by atoms with Crippen molar-refractivity contribution in [3.63, 3.8) is 0 Å². The van der Waals surface area contributed by atoms with E-state index in [4.69, 9.17) is 18.9 Å². The minimum Gasteiger partial charge on any atom is -0.494 e. The predicted octanol–water partition coefficient (Wildman–Crippen LogP) is 6.84. The summed E-state index contributed by atoms with van der Waals surface area (Å²) in [7, 11) is 0. The fourth-order valence-corrected chi connectivity index (χ4v) is 3.35. The van der Waals surface area contributed by atoms with E-state index in [9.17, 15) is 14.4 Å². The number of esters is 3. The number of hydrogen-bond donors (Lipinski definition) is 0. The Balaban J connectivity index is 1.39. The average molecular weight is 539 g/mol. The quantitative estimate of drug-likeness (QED) is 0.0554. The summed E-state index contributed by atoms with van der Waals surface area (Å²) in [5.74, 6) is -0.912. The van der Waals surface area contributed by atoms with Crippen molar-refractivity contribution < 1.29 is 33.3 Å². The second-order valence-electron chi connectivity index (χ2n) is 8.44. The third-order valence-electron chi connectivity index (χ3n) is 5.44. The van der Waals surface area contributed by atoms with E-state index in [2.05, 4.69) is 19.7 Å². The highest BCUT2D eigenvalue weighted by molar-refractivity contribution is 5.91. The molecule has 0 aliphatic carbocycles. The minimum absolute atomic E-state index is 0.0481. The van der Waals surface area contributed by atoms with Crippen molar-refractivity contribution in [3.8, 4) is 16.9 Å². The van der Waals surface area contributed by atoms with Gasteiger partial charge in [-0.25, -0.2) is 14.4 Å². The van der Waals surface area contributed by atoms with Crippen LogP contribution in [0.2, 0.25) is 0 Å². The van der Waals surface area contributed by atoms with E-state index in [1.165, 1.54) is 12.2 Å². The molecular formula is C33H30O7. The molecule has 7 nitrogen and oxygen atoms in total. The number of ether oxygens (including phenoxy) is 4. The smallest absolute Gasteiger partial charge is 0.343 e. The number of carbonyl (C=O) groups is 3. The van der Waals surface area contributed by atoms with E-state index in [0.29, 0.717) is 42.9 Å². The van der Waals surface area contributed by atoms with E-state index < -0.39 is 17.9 Å². The van der Waals surface area contributed by atoms with Gasteiger partial charge in [0, 0.05) is 6.08 Å². The van der Waals surface area contributed by atoms with Gasteiger partial charge < -0.3 is 18.9 Å². The Morgan fingerprint density at radius 2 is 1.15 bits per heavy atom. The van der Waals surface area contributed by atoms with Gasteiger partial charge in [0.05, 0.1) is 24.3 Å². The summed E-state index contributed by atoms with van der Waals surface area (Å²) in [6.45, 7) is 11.5. The lowest BCUT2D eigenvalue weighted by Crippen LogP contribution is -2.05. The molecule has 0 atom stereocenters. The molecule has 7 heteroatoms. The highest BCUT2D eigenvalue weighted by atomic mass is 16.5. The van der Waals surface area contributed by atoms with Gasteiger partial charge in [-0.15, -0.1) is 0 Å². The molecule has 0 unspecified atom stereocenters. The van der Waals surface area contributed by atoms with Crippen LogP contribution in [-0.4, -0.2) is 31.1 Å². The van der Waals surface area contributed by atoms with Gasteiger partial charge in [-0.05, 0) is 72.5 Å². The van der Waals surface area contributed by atoms with E-state index in [-0.39, 0.29) is 11.5 Å². The minimum atomic E-state index is -0.605. The molecule has 0 radical (unpaired) electrons. The Labute approximate surface area is 233 Å². The van der Waals surface area contributed by atoms with Crippen LogP contribution < -0.4 is 4.74 Å². The highest BCUT2D eigenvalue weighted by Crippen LogP contribution is 2.20. The van der Waals surface area contributed by atoms with Crippen molar-refractivity contribution in [2.45, 2.75) is 12.8 Å². The zero-order valence-electron chi connectivity index (χ0n) is 22.0. The molecule has 0 aromatic heterocycles. The molecule has 3 aromatic carbocycles. The molecule has 0 saturated heterocycles. The molecule has 0 fully saturated rings. The first-order chi connectivity index (χ1) is 19.4. The molecule has 3 rings (SSSR count). The summed E-state index contributed by atoms with van der Waals surface area (Å²) in [6.07, 6.45) is 5.25. The standard InChI is InChI=1S/C33H30O7/c1-4-31(34)38-23-9-8-22-37-30-20-18-29(19-21-30)33(36)40-25(3)13-12-24(2)39-32(35)28-16-14-27(15-17-28)26-10-6-5-7-11-26/h4-7,10-21H,1-3,8-9,22-23H2/b13-12-. The van der Waals surface area contributed by atoms with Crippen molar-refractivity contribution in [3.05, 3.63) is 139 Å². The van der Waals surface area contributed by atoms with E-state index >= 15 is 0 Å². The second kappa shape index (κ2) is 15.3. The maximum absolute atomic E-state index is 12.4. The van der Waals surface area contributed by atoms with Crippen LogP contribution in [0.15, 0.2) is 128 Å². The topological polar surface area (TPSA) is 88.1 Å². The van der Waals surface area contributed by atoms with Crippen LogP contribution >= 0.6 is 0 Å². The van der Waals surface area contributed by atoms with Gasteiger partial charge in [-0.1, -0.05) is 62.2 Å². The zero-order chi connectivity index (χ0) is 28.7. The number of allylic oxidation sites excluding steroid dienone is 2. The van der Waals surface area contributed by atoms with Gasteiger partial charge in [-0.3, -0.25) is 0 Å². The predicted molar refractivity (Wildman–Crippen MR) is 152 cm³/mol. The van der Waals surface area contributed by atoms with Crippen molar-refractivity contribution in [2.75, 3.05) is 13.2 Å². The van der Waals surface area contributed by atoms with Crippen molar-refractivity contribution in [2.24, 2.45) is 0 Å². The zero-order valence-corrected chi connectivity index (χ0v) is 22.0. The number of rotatable bonds is 14. The van der Waals surface area contributed by atoms with Crippen LogP contribution in [0, 0.1) is 0 Å². The van der Waals surface area contributed by atoms with Gasteiger partial charge in [0.2, 0.25) is 0 Å². The molecule has 0 saturated carbocycles. The summed E-state index contributed by atoms with van der Waals surface area (Å²) in [4.78, 5) is 35.8. The molecule has 204 valence electrons. The lowest BCUT2D eigenvalue weighted by molar-refractivity contribution is -0.137. The van der Waals surface area contributed by atoms with Gasteiger partial charge in [-0.2, -0.15) is 0 Å². The lowest BCUT2D eigenvalue weighted by Gasteiger charge is -2.08. The molecule has 0 bridgehead atoms. The Hall–Kier alpha value is -5.17. The van der Waals surface area contributed by atoms with Crippen molar-refractivity contribution in [1.82, 2.24) is 0 Å². The van der Waals surface area contributed by atoms with E-state index in [1.54, 1.807) is 36.4 Å². The fraction of sp³-hybridized carbons (Fsp3) is 0.121. The molecule has 3 aromatic rings. The average Bonchev–Trinajstić information content (AvgIpc) is 2.98. The number of benzene rings is 3. The SMILES string of the molecule is C=CC(=O)OCCCCOc1ccc(C(=O)OC(=C)/C=C\C(=C)OC(=O)c2ccc(-c3ccccc3)cc2)cc1. The maximum Gasteiger partial charge on any atom is 0.343 e. The normalized spacial score (nSPS) is 10.4. The number of unbranched alkanes of at least 4 members (excludes halogenated alkanes) is 1. The van der Waals surface area contributed by atoms with Crippen LogP contribution in [0.4, 0.5) is 0 Å². The summed E-state index contributed by atoms with van der Waals surface area (Å²) in [6, 6.07) is 23.3. The Morgan fingerprint density at radius 1 is 0.650 bits per heavy atom. The largest absolute Gasteiger partial charge is 0.494 e. The van der Waals surface area contributed by atoms with Gasteiger partial charge >= 0.3 is 17.9 Å². The van der Waals surface area contributed by atoms with Gasteiger partial charge in [0.15, 0.2) is 0 Å². The van der Waals surface area contributed by atoms with Crippen molar-refractivity contribution >= 4 is 17.9 Å². The Morgan fingerprint density at radius 3 is 1.70 bits per heavy atom. The van der Waals surface area contributed by atoms with Crippen LogP contribution in [-0.2, 0) is 19.0 Å². The molecule has 40 heavy (non-hydrogen) atoms. The summed E-state index contributed by atoms with van der Waals surface area (Å²) >= 11 is 0. The monoisotopic (exact) mass is 538 g/mol. The third-order valence-corrected chi connectivity index (χ3v) is 5.44. The maximum atomic E-state index is 12.4. The van der Waals surface area contributed by atoms with Crippen LogP contribution in [0.25, 0.3) is 11.1 Å². The van der Waals surface area contributed by atoms with Gasteiger partial charge in [0.1, 0.15) is 17.3 Å². The van der Waals surface area contributed by atoms with Gasteiger partial charge in [0.25, 0.3) is 0 Å². The first-order valence-corrected chi connectivity index (χ1v) is 12.5. The fourth-order valence-electron chi connectivity index (χ4n) is 3.35. The van der Waals surface area contributed by atoms with Crippen LogP contribution in [0.3, 0.4) is 0 Å². The molecular weight excluding hydrogens is 508 g/mol. The van der Waals surface area contributed by atoms with Crippen LogP contribution in [0.5, 0.6) is 5.75 Å². The molecule has 0 amide bonds. The van der Waals surface area contributed by atoms with Crippen molar-refractivity contribution in [1.29, 1.82) is 0 Å². The summed E-state index contributed by atoms with van der Waals surface area (Å²) in [5, 5.41) is 0. The highest BCUT2D eigenvalue weighted by Gasteiger charge is 2.11. The molecule has 0 aliphatic rings. The van der Waals surface area contributed by atoms with E-state index in [0.717, 1.165) is 17.2 Å². The Bertz CT molecular complexity index is 1370. The first kappa shape index (κ1) is 29.4. The number of carbonyl (C=O) groups excluding carboxylic acids is 3. The Kier molecular flexibility index (Phi) is 11.2. The van der Waals surface area contributed by atoms with E-state index in [1.807, 2.05) is 42.5 Å². The number of hydrogen-bond acceptors (Lipinski definition) is 7. The molecule has 0 spiro atoms.